The average molecular weight is 797 g/mol. The smallest absolute Gasteiger partial charge is 0.225 e. The largest absolute Gasteiger partial charge is 0.394 e. The van der Waals surface area contributed by atoms with Gasteiger partial charge in [0, 0.05) is 58.7 Å². The first kappa shape index (κ1) is 46.8. The summed E-state index contributed by atoms with van der Waals surface area (Å²) in [5.41, 5.74) is 2.18. The standard InChI is InChI=1S/C46H76N4O7/c1-11-31(5)38(27-48(7)46(55)37(29(2)3)21-22-40(52)43-34-14-12-15-36(25-34)49(43)8)41(56-9)26-42(53)50-23-13-16-39(50)44(57-10)32(6)45(54)47-35(28-51)24-33-19-17-30(4)18-20-33/h17-20,29,31-32,34-39,41,43-44,51H,11-16,21-28H2,1-10H3,(H,47,54)/t31-,32+,34-,35-,36-,37-,38?,39-,41+,43-,44+/m0/s1. The van der Waals surface area contributed by atoms with Crippen molar-refractivity contribution in [2.45, 2.75) is 149 Å². The second-order valence-corrected chi connectivity index (χ2v) is 18.2. The fourth-order valence-electron chi connectivity index (χ4n) is 10.2. The molecule has 2 N–H and O–H groups in total. The zero-order valence-electron chi connectivity index (χ0n) is 36.9. The summed E-state index contributed by atoms with van der Waals surface area (Å²) in [6, 6.07) is 7.83. The molecule has 0 spiro atoms. The Morgan fingerprint density at radius 3 is 2.30 bits per heavy atom. The number of carbonyl (C=O) groups excluding carboxylic acids is 4. The van der Waals surface area contributed by atoms with Crippen LogP contribution in [0.3, 0.4) is 0 Å². The third kappa shape index (κ3) is 11.9. The van der Waals surface area contributed by atoms with Gasteiger partial charge in [0.2, 0.25) is 17.7 Å². The van der Waals surface area contributed by atoms with Crippen molar-refractivity contribution in [1.29, 1.82) is 0 Å². The Kier molecular flexibility index (Phi) is 18.0. The Hall–Kier alpha value is -2.86. The molecule has 1 saturated carbocycles. The molecule has 3 fully saturated rings. The fourth-order valence-corrected chi connectivity index (χ4v) is 10.2. The van der Waals surface area contributed by atoms with Crippen LogP contribution < -0.4 is 5.32 Å². The first-order chi connectivity index (χ1) is 27.1. The first-order valence-corrected chi connectivity index (χ1v) is 22.0. The predicted molar refractivity (Wildman–Crippen MR) is 224 cm³/mol. The number of likely N-dealkylation sites (N-methyl/N-ethyl adjacent to an activating group) is 1. The lowest BCUT2D eigenvalue weighted by atomic mass is 9.82. The van der Waals surface area contributed by atoms with Crippen molar-refractivity contribution in [3.8, 4) is 0 Å². The van der Waals surface area contributed by atoms with Gasteiger partial charge in [0.25, 0.3) is 0 Å². The van der Waals surface area contributed by atoms with E-state index in [2.05, 4.69) is 45.0 Å². The summed E-state index contributed by atoms with van der Waals surface area (Å²) in [7, 11) is 7.19. The van der Waals surface area contributed by atoms with Gasteiger partial charge in [0.05, 0.1) is 49.3 Å². The minimum atomic E-state index is -0.561. The van der Waals surface area contributed by atoms with Gasteiger partial charge in [-0.05, 0) is 82.2 Å². The van der Waals surface area contributed by atoms with E-state index in [4.69, 9.17) is 9.47 Å². The molecule has 1 aliphatic carbocycles. The number of fused-ring (bicyclic) bond motifs is 2. The summed E-state index contributed by atoms with van der Waals surface area (Å²) in [6.07, 6.45) is 7.66. The van der Waals surface area contributed by atoms with Crippen LogP contribution in [-0.4, -0.2) is 128 Å². The van der Waals surface area contributed by atoms with Crippen LogP contribution in [0.4, 0.5) is 0 Å². The number of nitrogens with one attached hydrogen (secondary N) is 1. The number of methoxy groups -OCH3 is 2. The summed E-state index contributed by atoms with van der Waals surface area (Å²) in [4.78, 5) is 61.5. The summed E-state index contributed by atoms with van der Waals surface area (Å²) in [6.45, 7) is 13.1. The van der Waals surface area contributed by atoms with Gasteiger partial charge in [-0.2, -0.15) is 0 Å². The summed E-state index contributed by atoms with van der Waals surface area (Å²) in [5, 5.41) is 13.1. The van der Waals surface area contributed by atoms with E-state index in [9.17, 15) is 24.3 Å². The zero-order chi connectivity index (χ0) is 42.0. The Morgan fingerprint density at radius 1 is 1.00 bits per heavy atom. The average Bonchev–Trinajstić information content (AvgIpc) is 3.77. The molecule has 0 aromatic heterocycles. The van der Waals surface area contributed by atoms with Crippen LogP contribution in [0.5, 0.6) is 0 Å². The van der Waals surface area contributed by atoms with E-state index in [1.165, 1.54) is 12.8 Å². The van der Waals surface area contributed by atoms with Gasteiger partial charge in [-0.25, -0.2) is 0 Å². The molecule has 2 saturated heterocycles. The number of Topliss-reactive ketones (excluding diaryl/α,β-unsaturated/α-hetero) is 1. The molecule has 0 radical (unpaired) electrons. The maximum atomic E-state index is 14.2. The number of aryl methyl sites for hydroxylation is 1. The number of likely N-dealkylation sites (tertiary alicyclic amines) is 2. The number of aliphatic hydroxyl groups is 1. The summed E-state index contributed by atoms with van der Waals surface area (Å²) in [5.74, 6) is -0.151. The number of amides is 3. The monoisotopic (exact) mass is 797 g/mol. The molecular formula is C46H76N4O7. The van der Waals surface area contributed by atoms with Crippen molar-refractivity contribution >= 4 is 23.5 Å². The van der Waals surface area contributed by atoms with Crippen molar-refractivity contribution in [3.63, 3.8) is 0 Å². The number of benzene rings is 1. The van der Waals surface area contributed by atoms with Crippen LogP contribution in [0.2, 0.25) is 0 Å². The number of carbonyl (C=O) groups is 4. The Bertz CT molecular complexity index is 1450. The number of ether oxygens (including phenoxy) is 2. The number of rotatable bonds is 22. The predicted octanol–water partition coefficient (Wildman–Crippen LogP) is 5.68. The van der Waals surface area contributed by atoms with E-state index >= 15 is 0 Å². The summed E-state index contributed by atoms with van der Waals surface area (Å²) < 4.78 is 12.1. The van der Waals surface area contributed by atoms with Gasteiger partial charge in [-0.3, -0.25) is 24.1 Å². The van der Waals surface area contributed by atoms with Crippen molar-refractivity contribution < 1.29 is 33.8 Å². The number of hydrogen-bond acceptors (Lipinski definition) is 8. The SMILES string of the molecule is CC[C@H](C)C(CN(C)C(=O)[C@@H](CCC(=O)[C@@H]1[C@H]2CCC[C@@H](C2)N1C)C(C)C)[C@@H](CC(=O)N1CCC[C@H]1[C@H](OC)[C@@H](C)C(=O)N[C@H](CO)Cc1ccc(C)cc1)OC. The van der Waals surface area contributed by atoms with E-state index in [0.29, 0.717) is 44.3 Å². The van der Waals surface area contributed by atoms with Gasteiger partial charge in [0.15, 0.2) is 0 Å². The quantitative estimate of drug-likeness (QED) is 0.154. The third-order valence-corrected chi connectivity index (χ3v) is 14.0. The molecule has 1 aromatic rings. The maximum Gasteiger partial charge on any atom is 0.225 e. The molecule has 57 heavy (non-hydrogen) atoms. The first-order valence-electron chi connectivity index (χ1n) is 22.0. The van der Waals surface area contributed by atoms with Crippen molar-refractivity contribution in [1.82, 2.24) is 20.0 Å². The topological polar surface area (TPSA) is 129 Å². The lowest BCUT2D eigenvalue weighted by Crippen LogP contribution is -2.52. The molecule has 4 rings (SSSR count). The highest BCUT2D eigenvalue weighted by Gasteiger charge is 2.45. The molecule has 1 aromatic carbocycles. The number of hydrogen-bond donors (Lipinski definition) is 2. The molecule has 11 heteroatoms. The highest BCUT2D eigenvalue weighted by Crippen LogP contribution is 2.40. The van der Waals surface area contributed by atoms with Gasteiger partial charge in [-0.15, -0.1) is 0 Å². The van der Waals surface area contributed by atoms with Crippen LogP contribution in [-0.2, 0) is 35.1 Å². The highest BCUT2D eigenvalue weighted by molar-refractivity contribution is 5.86. The van der Waals surface area contributed by atoms with Crippen LogP contribution in [0.1, 0.15) is 110 Å². The lowest BCUT2D eigenvalue weighted by Gasteiger charge is -2.37. The summed E-state index contributed by atoms with van der Waals surface area (Å²) >= 11 is 0. The molecule has 1 unspecified atom stereocenters. The Balaban J connectivity index is 1.38. The molecule has 322 valence electrons. The van der Waals surface area contributed by atoms with Crippen LogP contribution in [0.15, 0.2) is 24.3 Å². The number of nitrogens with zero attached hydrogens (tertiary/aromatic N) is 3. The van der Waals surface area contributed by atoms with Crippen molar-refractivity contribution in [2.24, 2.45) is 35.5 Å². The molecule has 2 aliphatic heterocycles. The van der Waals surface area contributed by atoms with Crippen molar-refractivity contribution in [3.05, 3.63) is 35.4 Å². The maximum absolute atomic E-state index is 14.2. The third-order valence-electron chi connectivity index (χ3n) is 14.0. The van der Waals surface area contributed by atoms with E-state index in [0.717, 1.165) is 43.2 Å². The fraction of sp³-hybridized carbons (Fsp3) is 0.783. The number of aliphatic hydroxyl groups excluding tert-OH is 1. The minimum absolute atomic E-state index is 0.0179. The number of ketones is 1. The second kappa shape index (κ2) is 21.9. The van der Waals surface area contributed by atoms with Gasteiger partial charge in [0.1, 0.15) is 5.78 Å². The second-order valence-electron chi connectivity index (χ2n) is 18.2. The van der Waals surface area contributed by atoms with E-state index < -0.39 is 24.2 Å². The van der Waals surface area contributed by atoms with E-state index in [1.807, 2.05) is 55.0 Å². The highest BCUT2D eigenvalue weighted by atomic mass is 16.5. The van der Waals surface area contributed by atoms with Crippen LogP contribution in [0.25, 0.3) is 0 Å². The van der Waals surface area contributed by atoms with E-state index in [-0.39, 0.29) is 72.3 Å². The Morgan fingerprint density at radius 2 is 1.70 bits per heavy atom. The molecule has 11 atom stereocenters. The van der Waals surface area contributed by atoms with Crippen LogP contribution >= 0.6 is 0 Å². The van der Waals surface area contributed by atoms with Gasteiger partial charge >= 0.3 is 0 Å². The van der Waals surface area contributed by atoms with Crippen molar-refractivity contribution in [2.75, 3.05) is 48.0 Å². The molecule has 11 nitrogen and oxygen atoms in total. The molecule has 3 aliphatic rings. The van der Waals surface area contributed by atoms with E-state index in [1.54, 1.807) is 14.2 Å². The van der Waals surface area contributed by atoms with Gasteiger partial charge < -0.3 is 29.7 Å². The molecule has 2 bridgehead atoms. The Labute approximate surface area is 344 Å². The minimum Gasteiger partial charge on any atom is -0.394 e. The van der Waals surface area contributed by atoms with Gasteiger partial charge in [-0.1, -0.05) is 77.3 Å². The lowest BCUT2D eigenvalue weighted by molar-refractivity contribution is -0.143. The molecule has 3 amide bonds. The zero-order valence-corrected chi connectivity index (χ0v) is 36.9. The molecular weight excluding hydrogens is 721 g/mol. The normalized spacial score (nSPS) is 24.7. The van der Waals surface area contributed by atoms with Crippen LogP contribution in [0, 0.1) is 42.4 Å². The molecule has 2 heterocycles.